The van der Waals surface area contributed by atoms with Gasteiger partial charge in [-0.2, -0.15) is 11.3 Å². The van der Waals surface area contributed by atoms with Crippen LogP contribution >= 0.6 is 11.3 Å². The monoisotopic (exact) mass is 424 g/mol. The summed E-state index contributed by atoms with van der Waals surface area (Å²) in [6, 6.07) is 4.23. The van der Waals surface area contributed by atoms with Crippen LogP contribution in [0.1, 0.15) is 43.2 Å². The van der Waals surface area contributed by atoms with Gasteiger partial charge in [0.15, 0.2) is 0 Å². The number of hydrogen-bond donors (Lipinski definition) is 4. The standard InChI is InChI=1S/C21H26F2N2O3S/c22-16-8-14(9-17(23)11-16)10-18(25-20(27)28)19(26)12-24-21(5-2-1-3-6-21)15-4-7-29-13-15/h4,7-9,11,13,18-19,24-26H,1-3,5-6,10,12H2,(H,27,28). The molecule has 5 nitrogen and oxygen atoms in total. The lowest BCUT2D eigenvalue weighted by molar-refractivity contribution is 0.100. The molecule has 1 amide bonds. The number of carbonyl (C=O) groups is 1. The Balaban J connectivity index is 1.71. The van der Waals surface area contributed by atoms with Crippen LogP contribution in [0.2, 0.25) is 0 Å². The van der Waals surface area contributed by atoms with Crippen LogP contribution in [-0.2, 0) is 12.0 Å². The molecular formula is C21H26F2N2O3S. The number of halogens is 2. The van der Waals surface area contributed by atoms with Crippen molar-refractivity contribution in [3.8, 4) is 0 Å². The lowest BCUT2D eigenvalue weighted by Crippen LogP contribution is -2.53. The summed E-state index contributed by atoms with van der Waals surface area (Å²) < 4.78 is 27.0. The Bertz CT molecular complexity index is 790. The molecule has 1 aliphatic rings. The van der Waals surface area contributed by atoms with Crippen LogP contribution < -0.4 is 10.6 Å². The van der Waals surface area contributed by atoms with Crippen molar-refractivity contribution in [3.63, 3.8) is 0 Å². The first-order chi connectivity index (χ1) is 13.9. The van der Waals surface area contributed by atoms with Crippen LogP contribution in [0.5, 0.6) is 0 Å². The SMILES string of the molecule is O=C(O)NC(Cc1cc(F)cc(F)c1)C(O)CNC1(c2ccsc2)CCCCC1. The second kappa shape index (κ2) is 9.65. The average Bonchev–Trinajstić information content (AvgIpc) is 3.21. The van der Waals surface area contributed by atoms with Crippen LogP contribution in [0.4, 0.5) is 13.6 Å². The fraction of sp³-hybridized carbons (Fsp3) is 0.476. The first kappa shape index (κ1) is 21.7. The average molecular weight is 425 g/mol. The molecular weight excluding hydrogens is 398 g/mol. The molecule has 0 saturated heterocycles. The molecule has 4 N–H and O–H groups in total. The summed E-state index contributed by atoms with van der Waals surface area (Å²) in [6.45, 7) is 0.165. The maximum atomic E-state index is 13.5. The molecule has 0 aliphatic heterocycles. The van der Waals surface area contributed by atoms with Crippen molar-refractivity contribution in [2.24, 2.45) is 0 Å². The fourth-order valence-corrected chi connectivity index (χ4v) is 4.88. The van der Waals surface area contributed by atoms with E-state index in [9.17, 15) is 18.7 Å². The number of carboxylic acid groups (broad SMARTS) is 1. The van der Waals surface area contributed by atoms with E-state index in [0.29, 0.717) is 0 Å². The predicted octanol–water partition coefficient (Wildman–Crippen LogP) is 4.02. The van der Waals surface area contributed by atoms with Crippen molar-refractivity contribution in [2.75, 3.05) is 6.54 Å². The molecule has 3 rings (SSSR count). The van der Waals surface area contributed by atoms with Crippen LogP contribution in [0.15, 0.2) is 35.0 Å². The first-order valence-corrected chi connectivity index (χ1v) is 10.7. The summed E-state index contributed by atoms with van der Waals surface area (Å²) in [6.07, 6.45) is 2.85. The van der Waals surface area contributed by atoms with E-state index in [1.807, 2.05) is 5.38 Å². The van der Waals surface area contributed by atoms with E-state index >= 15 is 0 Å². The molecule has 0 radical (unpaired) electrons. The number of hydrogen-bond acceptors (Lipinski definition) is 4. The molecule has 2 atom stereocenters. The molecule has 1 aliphatic carbocycles. The zero-order valence-corrected chi connectivity index (χ0v) is 16.9. The lowest BCUT2D eigenvalue weighted by atomic mass is 9.77. The van der Waals surface area contributed by atoms with Crippen molar-refractivity contribution < 1.29 is 23.8 Å². The summed E-state index contributed by atoms with van der Waals surface area (Å²) in [5.41, 5.74) is 1.23. The number of thiophene rings is 1. The van der Waals surface area contributed by atoms with E-state index in [4.69, 9.17) is 5.11 Å². The lowest BCUT2D eigenvalue weighted by Gasteiger charge is -2.39. The minimum absolute atomic E-state index is 0.0186. The first-order valence-electron chi connectivity index (χ1n) is 9.78. The van der Waals surface area contributed by atoms with Crippen LogP contribution in [0, 0.1) is 11.6 Å². The minimum atomic E-state index is -1.30. The van der Waals surface area contributed by atoms with Gasteiger partial charge >= 0.3 is 6.09 Å². The molecule has 1 aromatic carbocycles. The van der Waals surface area contributed by atoms with E-state index in [1.165, 1.54) is 12.0 Å². The summed E-state index contributed by atoms with van der Waals surface area (Å²) in [5, 5.41) is 29.8. The Labute approximate surface area is 172 Å². The molecule has 0 bridgehead atoms. The highest BCUT2D eigenvalue weighted by molar-refractivity contribution is 7.08. The Morgan fingerprint density at radius 1 is 1.17 bits per heavy atom. The molecule has 1 fully saturated rings. The van der Waals surface area contributed by atoms with Crippen molar-refractivity contribution >= 4 is 17.4 Å². The Morgan fingerprint density at radius 2 is 1.86 bits per heavy atom. The number of aliphatic hydroxyl groups excluding tert-OH is 1. The van der Waals surface area contributed by atoms with Gasteiger partial charge in [-0.3, -0.25) is 0 Å². The number of nitrogens with one attached hydrogen (secondary N) is 2. The summed E-state index contributed by atoms with van der Waals surface area (Å²) >= 11 is 1.62. The highest BCUT2D eigenvalue weighted by Crippen LogP contribution is 2.38. The second-order valence-electron chi connectivity index (χ2n) is 7.64. The van der Waals surface area contributed by atoms with Crippen LogP contribution in [0.25, 0.3) is 0 Å². The number of rotatable bonds is 8. The van der Waals surface area contributed by atoms with Gasteiger partial charge in [0.25, 0.3) is 0 Å². The highest BCUT2D eigenvalue weighted by atomic mass is 32.1. The van der Waals surface area contributed by atoms with Gasteiger partial charge in [-0.05, 0) is 59.3 Å². The third-order valence-corrected chi connectivity index (χ3v) is 6.26. The van der Waals surface area contributed by atoms with Crippen molar-refractivity contribution in [2.45, 2.75) is 56.2 Å². The van der Waals surface area contributed by atoms with Gasteiger partial charge in [0, 0.05) is 18.2 Å². The van der Waals surface area contributed by atoms with E-state index in [0.717, 1.165) is 43.9 Å². The summed E-state index contributed by atoms with van der Waals surface area (Å²) in [4.78, 5) is 11.2. The number of benzene rings is 1. The topological polar surface area (TPSA) is 81.6 Å². The molecule has 0 spiro atoms. The number of aliphatic hydroxyl groups is 1. The number of amides is 1. The van der Waals surface area contributed by atoms with E-state index in [-0.39, 0.29) is 24.1 Å². The van der Waals surface area contributed by atoms with Crippen molar-refractivity contribution in [1.29, 1.82) is 0 Å². The molecule has 1 saturated carbocycles. The van der Waals surface area contributed by atoms with Gasteiger partial charge in [0.1, 0.15) is 11.6 Å². The van der Waals surface area contributed by atoms with Crippen LogP contribution in [-0.4, -0.2) is 35.0 Å². The van der Waals surface area contributed by atoms with Crippen molar-refractivity contribution in [1.82, 2.24) is 10.6 Å². The zero-order valence-electron chi connectivity index (χ0n) is 16.0. The quantitative estimate of drug-likeness (QED) is 0.516. The van der Waals surface area contributed by atoms with Gasteiger partial charge in [-0.1, -0.05) is 19.3 Å². The second-order valence-corrected chi connectivity index (χ2v) is 8.42. The maximum Gasteiger partial charge on any atom is 0.404 e. The van der Waals surface area contributed by atoms with E-state index < -0.39 is 29.9 Å². The van der Waals surface area contributed by atoms with Gasteiger partial charge in [-0.25, -0.2) is 13.6 Å². The van der Waals surface area contributed by atoms with Gasteiger partial charge in [0.05, 0.1) is 12.1 Å². The minimum Gasteiger partial charge on any atom is -0.465 e. The normalized spacial score (nSPS) is 18.2. The molecule has 1 heterocycles. The third kappa shape index (κ3) is 5.74. The predicted molar refractivity (Wildman–Crippen MR) is 108 cm³/mol. The smallest absolute Gasteiger partial charge is 0.404 e. The van der Waals surface area contributed by atoms with Gasteiger partial charge in [-0.15, -0.1) is 0 Å². The molecule has 1 aromatic heterocycles. The van der Waals surface area contributed by atoms with Crippen LogP contribution in [0.3, 0.4) is 0 Å². The largest absolute Gasteiger partial charge is 0.465 e. The van der Waals surface area contributed by atoms with E-state index in [2.05, 4.69) is 22.1 Å². The van der Waals surface area contributed by atoms with Gasteiger partial charge < -0.3 is 20.8 Å². The van der Waals surface area contributed by atoms with Crippen molar-refractivity contribution in [3.05, 3.63) is 57.8 Å². The molecule has 2 unspecified atom stereocenters. The summed E-state index contributed by atoms with van der Waals surface area (Å²) in [5.74, 6) is -1.47. The molecule has 2 aromatic rings. The Kier molecular flexibility index (Phi) is 7.21. The molecule has 8 heteroatoms. The summed E-state index contributed by atoms with van der Waals surface area (Å²) in [7, 11) is 0. The Hall–Kier alpha value is -2.03. The fourth-order valence-electron chi connectivity index (χ4n) is 4.13. The third-order valence-electron chi connectivity index (χ3n) is 5.58. The maximum absolute atomic E-state index is 13.5. The van der Waals surface area contributed by atoms with E-state index in [1.54, 1.807) is 11.3 Å². The molecule has 29 heavy (non-hydrogen) atoms. The van der Waals surface area contributed by atoms with Gasteiger partial charge in [0.2, 0.25) is 0 Å². The molecule has 158 valence electrons. The highest BCUT2D eigenvalue weighted by Gasteiger charge is 2.35. The zero-order chi connectivity index (χ0) is 20.9. The Morgan fingerprint density at radius 3 is 2.45 bits per heavy atom.